The zero-order valence-electron chi connectivity index (χ0n) is 29.6. The standard InChI is InChI=1S/C37H45N7O7S/c1-21(2)32-37(50)44-20-25(39-35(48)28-18-30(51-43-28)24-13-9-6-10-14-24)17-29(44)36(49)38-22(3)33(46)41-27(23-11-7-5-8-12-23)19-31(45)40-26(15-16-52-4)34(47)42-32/h5-14,18,21-22,25-27,29,32H,15-17,19-20H2,1-4H3,(H,38,49)(H,39,48)(H,40,45)(H,41,46)(H,42,47)/t22-,25-,26-,27-,29-,32-/m0/s1. The van der Waals surface area contributed by atoms with Crippen LogP contribution in [0.2, 0.25) is 0 Å². The molecule has 5 N–H and O–H groups in total. The van der Waals surface area contributed by atoms with E-state index < -0.39 is 77.6 Å². The van der Waals surface area contributed by atoms with Gasteiger partial charge in [-0.3, -0.25) is 28.8 Å². The van der Waals surface area contributed by atoms with Gasteiger partial charge in [-0.15, -0.1) is 0 Å². The molecule has 2 aliphatic rings. The van der Waals surface area contributed by atoms with Crippen molar-refractivity contribution < 1.29 is 33.3 Å². The first-order valence-electron chi connectivity index (χ1n) is 17.3. The Labute approximate surface area is 306 Å². The first-order valence-corrected chi connectivity index (χ1v) is 18.7. The second-order valence-corrected chi connectivity index (χ2v) is 14.4. The minimum Gasteiger partial charge on any atom is -0.355 e. The third-order valence-electron chi connectivity index (χ3n) is 9.18. The summed E-state index contributed by atoms with van der Waals surface area (Å²) in [4.78, 5) is 83.5. The molecule has 1 aromatic heterocycles. The van der Waals surface area contributed by atoms with Gasteiger partial charge in [0.25, 0.3) is 5.91 Å². The average Bonchev–Trinajstić information content (AvgIpc) is 3.80. The van der Waals surface area contributed by atoms with E-state index in [0.29, 0.717) is 23.5 Å². The molecule has 3 aromatic rings. The van der Waals surface area contributed by atoms with Gasteiger partial charge in [0.15, 0.2) is 11.5 Å². The van der Waals surface area contributed by atoms with Crippen LogP contribution < -0.4 is 26.6 Å². The molecule has 2 aromatic carbocycles. The molecule has 52 heavy (non-hydrogen) atoms. The van der Waals surface area contributed by atoms with E-state index in [2.05, 4.69) is 31.7 Å². The summed E-state index contributed by atoms with van der Waals surface area (Å²) in [7, 11) is 0. The topological polar surface area (TPSA) is 192 Å². The van der Waals surface area contributed by atoms with Gasteiger partial charge in [-0.25, -0.2) is 0 Å². The summed E-state index contributed by atoms with van der Waals surface area (Å²) in [5.74, 6) is -2.67. The molecule has 0 aliphatic carbocycles. The number of fused-ring (bicyclic) bond motifs is 1. The van der Waals surface area contributed by atoms with Crippen LogP contribution in [0.3, 0.4) is 0 Å². The van der Waals surface area contributed by atoms with E-state index in [9.17, 15) is 28.8 Å². The molecule has 2 aliphatic heterocycles. The van der Waals surface area contributed by atoms with E-state index in [-0.39, 0.29) is 25.1 Å². The Kier molecular flexibility index (Phi) is 12.7. The van der Waals surface area contributed by atoms with Crippen molar-refractivity contribution in [3.63, 3.8) is 0 Å². The van der Waals surface area contributed by atoms with Crippen molar-refractivity contribution in [3.05, 3.63) is 78.0 Å². The quantitative estimate of drug-likeness (QED) is 0.231. The summed E-state index contributed by atoms with van der Waals surface area (Å²) < 4.78 is 5.39. The van der Waals surface area contributed by atoms with Crippen LogP contribution in [-0.4, -0.2) is 94.3 Å². The molecule has 276 valence electrons. The number of hydrogen-bond acceptors (Lipinski definition) is 9. The van der Waals surface area contributed by atoms with Crippen molar-refractivity contribution >= 4 is 47.2 Å². The number of rotatable bonds is 8. The Morgan fingerprint density at radius 3 is 2.31 bits per heavy atom. The molecular formula is C37H45N7O7S. The first kappa shape index (κ1) is 38.1. The maximum atomic E-state index is 14.3. The van der Waals surface area contributed by atoms with Crippen LogP contribution in [-0.2, 0) is 24.0 Å². The van der Waals surface area contributed by atoms with Gasteiger partial charge in [-0.1, -0.05) is 79.7 Å². The van der Waals surface area contributed by atoms with Gasteiger partial charge in [0.05, 0.1) is 12.5 Å². The van der Waals surface area contributed by atoms with E-state index in [1.54, 1.807) is 38.1 Å². The Bertz CT molecular complexity index is 1750. The summed E-state index contributed by atoms with van der Waals surface area (Å²) in [6.45, 7) is 5.01. The second-order valence-electron chi connectivity index (χ2n) is 13.4. The van der Waals surface area contributed by atoms with E-state index >= 15 is 0 Å². The number of benzene rings is 2. The van der Waals surface area contributed by atoms with Gasteiger partial charge in [-0.2, -0.15) is 11.8 Å². The number of carbonyl (C=O) groups is 6. The summed E-state index contributed by atoms with van der Waals surface area (Å²) >= 11 is 1.51. The monoisotopic (exact) mass is 731 g/mol. The summed E-state index contributed by atoms with van der Waals surface area (Å²) in [5.41, 5.74) is 1.44. The fraction of sp³-hybridized carbons (Fsp3) is 0.432. The fourth-order valence-corrected chi connectivity index (χ4v) is 6.78. The zero-order valence-corrected chi connectivity index (χ0v) is 30.4. The number of nitrogens with zero attached hydrogens (tertiary/aromatic N) is 2. The van der Waals surface area contributed by atoms with Crippen LogP contribution in [0.15, 0.2) is 71.3 Å². The SMILES string of the molecule is CSCC[C@@H]1NC(=O)C[C@@H](c2ccccc2)NC(=O)[C@H](C)NC(=O)[C@@H]2C[C@H](NC(=O)c3cc(-c4ccccc4)on3)CN2C(=O)[C@H](C(C)C)NC1=O. The lowest BCUT2D eigenvalue weighted by molar-refractivity contribution is -0.143. The van der Waals surface area contributed by atoms with Gasteiger partial charge in [0.1, 0.15) is 24.2 Å². The molecule has 0 radical (unpaired) electrons. The molecule has 0 saturated carbocycles. The predicted molar refractivity (Wildman–Crippen MR) is 195 cm³/mol. The molecule has 6 amide bonds. The minimum atomic E-state index is -1.08. The molecule has 5 rings (SSSR count). The summed E-state index contributed by atoms with van der Waals surface area (Å²) in [5, 5.41) is 18.0. The number of thioether (sulfide) groups is 1. The Hall–Kier alpha value is -5.18. The van der Waals surface area contributed by atoms with Crippen LogP contribution in [0.5, 0.6) is 0 Å². The van der Waals surface area contributed by atoms with Crippen LogP contribution in [0.4, 0.5) is 0 Å². The lowest BCUT2D eigenvalue weighted by atomic mass is 10.0. The van der Waals surface area contributed by atoms with Crippen molar-refractivity contribution in [2.45, 2.75) is 76.3 Å². The molecule has 15 heteroatoms. The van der Waals surface area contributed by atoms with E-state index in [1.807, 2.05) is 42.7 Å². The summed E-state index contributed by atoms with van der Waals surface area (Å²) in [6.07, 6.45) is 2.06. The highest BCUT2D eigenvalue weighted by molar-refractivity contribution is 7.98. The van der Waals surface area contributed by atoms with Gasteiger partial charge in [-0.05, 0) is 43.3 Å². The number of nitrogens with one attached hydrogen (secondary N) is 5. The molecule has 6 atom stereocenters. The number of hydrogen-bond donors (Lipinski definition) is 5. The molecule has 3 heterocycles. The predicted octanol–water partition coefficient (Wildman–Crippen LogP) is 2.19. The van der Waals surface area contributed by atoms with Crippen LogP contribution in [0.1, 0.15) is 62.1 Å². The van der Waals surface area contributed by atoms with Crippen LogP contribution >= 0.6 is 11.8 Å². The highest BCUT2D eigenvalue weighted by Crippen LogP contribution is 2.24. The fourth-order valence-electron chi connectivity index (χ4n) is 6.31. The van der Waals surface area contributed by atoms with Gasteiger partial charge in [0.2, 0.25) is 29.5 Å². The largest absolute Gasteiger partial charge is 0.355 e. The average molecular weight is 732 g/mol. The van der Waals surface area contributed by atoms with Crippen molar-refractivity contribution in [3.8, 4) is 11.3 Å². The van der Waals surface area contributed by atoms with Gasteiger partial charge < -0.3 is 36.0 Å². The second kappa shape index (κ2) is 17.4. The highest BCUT2D eigenvalue weighted by Gasteiger charge is 2.44. The molecule has 0 spiro atoms. The Morgan fingerprint density at radius 2 is 1.63 bits per heavy atom. The molecule has 2 saturated heterocycles. The maximum Gasteiger partial charge on any atom is 0.273 e. The number of carbonyl (C=O) groups excluding carboxylic acids is 6. The summed E-state index contributed by atoms with van der Waals surface area (Å²) in [6, 6.07) is 14.1. The molecule has 0 bridgehead atoms. The minimum absolute atomic E-state index is 0.0269. The third-order valence-corrected chi connectivity index (χ3v) is 9.82. The molecular weight excluding hydrogens is 687 g/mol. The first-order chi connectivity index (χ1) is 24.9. The molecule has 0 unspecified atom stereocenters. The lowest BCUT2D eigenvalue weighted by Gasteiger charge is -2.32. The maximum absolute atomic E-state index is 14.3. The van der Waals surface area contributed by atoms with E-state index in [0.717, 1.165) is 5.56 Å². The smallest absolute Gasteiger partial charge is 0.273 e. The molecule has 2 fully saturated rings. The van der Waals surface area contributed by atoms with Crippen molar-refractivity contribution in [1.82, 2.24) is 36.6 Å². The number of aromatic nitrogens is 1. The van der Waals surface area contributed by atoms with Crippen LogP contribution in [0.25, 0.3) is 11.3 Å². The normalized spacial score (nSPS) is 24.8. The van der Waals surface area contributed by atoms with E-state index in [4.69, 9.17) is 4.52 Å². The lowest BCUT2D eigenvalue weighted by Crippen LogP contribution is -2.59. The Morgan fingerprint density at radius 1 is 0.942 bits per heavy atom. The van der Waals surface area contributed by atoms with Crippen LogP contribution in [0, 0.1) is 5.92 Å². The van der Waals surface area contributed by atoms with Gasteiger partial charge >= 0.3 is 0 Å². The van der Waals surface area contributed by atoms with Gasteiger partial charge in [0, 0.05) is 24.2 Å². The zero-order chi connectivity index (χ0) is 37.4. The van der Waals surface area contributed by atoms with Crippen molar-refractivity contribution in [2.24, 2.45) is 5.92 Å². The third kappa shape index (κ3) is 9.37. The number of amides is 6. The molecule has 14 nitrogen and oxygen atoms in total. The van der Waals surface area contributed by atoms with Crippen molar-refractivity contribution in [1.29, 1.82) is 0 Å². The highest BCUT2D eigenvalue weighted by atomic mass is 32.2. The van der Waals surface area contributed by atoms with Crippen molar-refractivity contribution in [2.75, 3.05) is 18.6 Å². The Balaban J connectivity index is 1.43. The van der Waals surface area contributed by atoms with E-state index in [1.165, 1.54) is 29.7 Å².